The number of carbonyl (C=O) groups is 1. The van der Waals surface area contributed by atoms with E-state index in [2.05, 4.69) is 41.0 Å². The first-order valence-corrected chi connectivity index (χ1v) is 13.1. The summed E-state index contributed by atoms with van der Waals surface area (Å²) in [7, 11) is 1.90. The molecule has 0 saturated carbocycles. The predicted octanol–water partition coefficient (Wildman–Crippen LogP) is 5.04. The number of nitrogens with one attached hydrogen (secondary N) is 2. The number of likely N-dealkylation sites (tertiary alicyclic amines) is 1. The van der Waals surface area contributed by atoms with E-state index in [-0.39, 0.29) is 24.2 Å². The van der Waals surface area contributed by atoms with Crippen molar-refractivity contribution in [3.8, 4) is 26.8 Å². The van der Waals surface area contributed by atoms with Crippen LogP contribution in [0.4, 0.5) is 10.5 Å². The summed E-state index contributed by atoms with van der Waals surface area (Å²) in [5.41, 5.74) is 11.7. The minimum absolute atomic E-state index is 0.00786. The molecular weight excluding hydrogens is 458 g/mol. The third-order valence-electron chi connectivity index (χ3n) is 6.71. The first-order valence-electron chi connectivity index (χ1n) is 12.3. The average Bonchev–Trinajstić information content (AvgIpc) is 3.59. The van der Waals surface area contributed by atoms with Gasteiger partial charge in [-0.25, -0.2) is 9.78 Å². The number of fused-ring (bicyclic) bond motifs is 1. The topological polar surface area (TPSA) is 92.5 Å². The van der Waals surface area contributed by atoms with Crippen molar-refractivity contribution >= 4 is 23.1 Å². The lowest BCUT2D eigenvalue weighted by Crippen LogP contribution is -2.41. The molecule has 3 aromatic rings. The zero-order valence-electron chi connectivity index (χ0n) is 20.5. The van der Waals surface area contributed by atoms with Crippen LogP contribution in [-0.4, -0.2) is 48.2 Å². The lowest BCUT2D eigenvalue weighted by molar-refractivity contribution is 0.204. The number of carbonyl (C=O) groups excluding carboxylic acids is 1. The summed E-state index contributed by atoms with van der Waals surface area (Å²) in [6, 6.07) is 12.7. The molecule has 1 aliphatic heterocycles. The summed E-state index contributed by atoms with van der Waals surface area (Å²) in [6.07, 6.45) is 4.79. The largest absolute Gasteiger partial charge is 0.489 e. The van der Waals surface area contributed by atoms with Gasteiger partial charge in [-0.15, -0.1) is 11.3 Å². The van der Waals surface area contributed by atoms with Gasteiger partial charge in [-0.3, -0.25) is 0 Å². The minimum atomic E-state index is -0.00786. The molecule has 5 rings (SSSR count). The number of hydrogen-bond donors (Lipinski definition) is 3. The first-order chi connectivity index (χ1) is 16.9. The van der Waals surface area contributed by atoms with Crippen molar-refractivity contribution in [2.45, 2.75) is 51.3 Å². The summed E-state index contributed by atoms with van der Waals surface area (Å²) in [5.74, 6) is 0.841. The van der Waals surface area contributed by atoms with Gasteiger partial charge in [-0.1, -0.05) is 18.2 Å². The van der Waals surface area contributed by atoms with Gasteiger partial charge in [-0.05, 0) is 68.0 Å². The Balaban J connectivity index is 1.37. The van der Waals surface area contributed by atoms with Gasteiger partial charge < -0.3 is 26.0 Å². The van der Waals surface area contributed by atoms with Crippen molar-refractivity contribution in [2.24, 2.45) is 5.73 Å². The van der Waals surface area contributed by atoms with Gasteiger partial charge in [0.2, 0.25) is 0 Å². The number of thiazole rings is 1. The molecule has 1 aliphatic carbocycles. The molecule has 2 aliphatic rings. The van der Waals surface area contributed by atoms with Crippen LogP contribution in [-0.2, 0) is 6.42 Å². The van der Waals surface area contributed by atoms with Gasteiger partial charge in [0.25, 0.3) is 0 Å². The van der Waals surface area contributed by atoms with Gasteiger partial charge in [0, 0.05) is 37.9 Å². The maximum Gasteiger partial charge on any atom is 0.317 e. The van der Waals surface area contributed by atoms with Crippen molar-refractivity contribution in [1.82, 2.24) is 15.2 Å². The number of hydrogen-bond acceptors (Lipinski definition) is 6. The van der Waals surface area contributed by atoms with E-state index in [1.54, 1.807) is 11.3 Å². The molecule has 4 N–H and O–H groups in total. The number of rotatable bonds is 6. The molecule has 8 heteroatoms. The standard InChI is InChI=1S/C27H33N5O2S/c1-16(2)34-24-10-7-17(13-23(24)29-3)26-30-14-25(35-26)21-6-4-5-20-19(21)8-9-22(20)31-27(33)32-12-11-18(28)15-32/h4-7,10,13-14,16,18,22,29H,8-9,11-12,15,28H2,1-3H3,(H,31,33). The van der Waals surface area contributed by atoms with Crippen molar-refractivity contribution < 1.29 is 9.53 Å². The number of nitrogens with two attached hydrogens (primary N) is 1. The maximum atomic E-state index is 12.7. The van der Waals surface area contributed by atoms with Crippen LogP contribution in [0.3, 0.4) is 0 Å². The van der Waals surface area contributed by atoms with Crippen LogP contribution < -0.4 is 21.1 Å². The molecular formula is C27H33N5O2S. The lowest BCUT2D eigenvalue weighted by atomic mass is 10.0. The number of benzene rings is 2. The van der Waals surface area contributed by atoms with Gasteiger partial charge in [0.05, 0.1) is 22.7 Å². The Morgan fingerprint density at radius 1 is 1.26 bits per heavy atom. The SMILES string of the molecule is CNc1cc(-c2ncc(-c3cccc4c3CCC4NC(=O)N3CCC(N)C3)s2)ccc1OC(C)C. The predicted molar refractivity (Wildman–Crippen MR) is 142 cm³/mol. The van der Waals surface area contributed by atoms with Crippen molar-refractivity contribution in [3.05, 3.63) is 53.7 Å². The second-order valence-corrected chi connectivity index (χ2v) is 10.6. The minimum Gasteiger partial charge on any atom is -0.489 e. The van der Waals surface area contributed by atoms with E-state index in [0.717, 1.165) is 52.7 Å². The number of urea groups is 1. The molecule has 1 saturated heterocycles. The highest BCUT2D eigenvalue weighted by Crippen LogP contribution is 2.41. The van der Waals surface area contributed by atoms with Gasteiger partial charge in [0.1, 0.15) is 10.8 Å². The maximum absolute atomic E-state index is 12.7. The molecule has 0 bridgehead atoms. The van der Waals surface area contributed by atoms with Gasteiger partial charge >= 0.3 is 6.03 Å². The second-order valence-electron chi connectivity index (χ2n) is 9.57. The van der Waals surface area contributed by atoms with Crippen LogP contribution in [0.15, 0.2) is 42.6 Å². The van der Waals surface area contributed by atoms with Crippen LogP contribution in [0.5, 0.6) is 5.75 Å². The fraction of sp³-hybridized carbons (Fsp3) is 0.407. The highest BCUT2D eigenvalue weighted by atomic mass is 32.1. The molecule has 0 radical (unpaired) electrons. The molecule has 2 atom stereocenters. The Morgan fingerprint density at radius 2 is 2.11 bits per heavy atom. The third kappa shape index (κ3) is 4.86. The number of nitrogens with zero attached hydrogens (tertiary/aromatic N) is 2. The van der Waals surface area contributed by atoms with E-state index < -0.39 is 0 Å². The van der Waals surface area contributed by atoms with E-state index in [0.29, 0.717) is 6.54 Å². The van der Waals surface area contributed by atoms with Crippen LogP contribution in [0, 0.1) is 0 Å². The van der Waals surface area contributed by atoms with Crippen LogP contribution in [0.1, 0.15) is 43.9 Å². The molecule has 7 nitrogen and oxygen atoms in total. The summed E-state index contributed by atoms with van der Waals surface area (Å²) < 4.78 is 5.91. The molecule has 0 spiro atoms. The van der Waals surface area contributed by atoms with E-state index in [1.165, 1.54) is 16.7 Å². The van der Waals surface area contributed by atoms with Crippen LogP contribution in [0.2, 0.25) is 0 Å². The molecule has 184 valence electrons. The summed E-state index contributed by atoms with van der Waals surface area (Å²) in [6.45, 7) is 5.41. The first kappa shape index (κ1) is 23.6. The Bertz CT molecular complexity index is 1220. The molecule has 35 heavy (non-hydrogen) atoms. The van der Waals surface area contributed by atoms with Crippen molar-refractivity contribution in [2.75, 3.05) is 25.5 Å². The molecule has 1 aromatic heterocycles. The highest BCUT2D eigenvalue weighted by molar-refractivity contribution is 7.18. The quantitative estimate of drug-likeness (QED) is 0.449. The van der Waals surface area contributed by atoms with Crippen molar-refractivity contribution in [1.29, 1.82) is 0 Å². The Hall–Kier alpha value is -3.10. The van der Waals surface area contributed by atoms with E-state index in [1.807, 2.05) is 38.1 Å². The smallest absolute Gasteiger partial charge is 0.317 e. The second kappa shape index (κ2) is 9.87. The van der Waals surface area contributed by atoms with Crippen molar-refractivity contribution in [3.63, 3.8) is 0 Å². The van der Waals surface area contributed by atoms with E-state index >= 15 is 0 Å². The summed E-state index contributed by atoms with van der Waals surface area (Å²) in [5, 5.41) is 7.44. The molecule has 2 aromatic carbocycles. The lowest BCUT2D eigenvalue weighted by Gasteiger charge is -2.21. The normalized spacial score (nSPS) is 19.2. The molecule has 2 heterocycles. The Kier molecular flexibility index (Phi) is 6.67. The number of amides is 2. The summed E-state index contributed by atoms with van der Waals surface area (Å²) >= 11 is 1.69. The van der Waals surface area contributed by atoms with E-state index in [9.17, 15) is 4.79 Å². The molecule has 1 fully saturated rings. The average molecular weight is 492 g/mol. The number of aromatic nitrogens is 1. The van der Waals surface area contributed by atoms with Crippen LogP contribution in [0.25, 0.3) is 21.0 Å². The zero-order valence-corrected chi connectivity index (χ0v) is 21.3. The fourth-order valence-electron chi connectivity index (χ4n) is 4.99. The molecule has 2 unspecified atom stereocenters. The monoisotopic (exact) mass is 491 g/mol. The zero-order chi connectivity index (χ0) is 24.5. The fourth-order valence-corrected chi connectivity index (χ4v) is 5.96. The Labute approximate surface area is 210 Å². The number of ether oxygens (including phenoxy) is 1. The number of anilines is 1. The highest BCUT2D eigenvalue weighted by Gasteiger charge is 2.30. The molecule has 2 amide bonds. The van der Waals surface area contributed by atoms with Gasteiger partial charge in [0.15, 0.2) is 0 Å². The third-order valence-corrected chi connectivity index (χ3v) is 7.79. The van der Waals surface area contributed by atoms with E-state index in [4.69, 9.17) is 15.5 Å². The Morgan fingerprint density at radius 3 is 2.86 bits per heavy atom. The van der Waals surface area contributed by atoms with Crippen LogP contribution >= 0.6 is 11.3 Å². The summed E-state index contributed by atoms with van der Waals surface area (Å²) in [4.78, 5) is 20.5. The van der Waals surface area contributed by atoms with Gasteiger partial charge in [-0.2, -0.15) is 0 Å².